The van der Waals surface area contributed by atoms with Crippen molar-refractivity contribution in [2.24, 2.45) is 0 Å². The molecule has 0 spiro atoms. The monoisotopic (exact) mass is 441 g/mol. The topological polar surface area (TPSA) is 58.4 Å². The van der Waals surface area contributed by atoms with Gasteiger partial charge >= 0.3 is 0 Å². The summed E-state index contributed by atoms with van der Waals surface area (Å²) in [5, 5.41) is 20.4. The van der Waals surface area contributed by atoms with Crippen molar-refractivity contribution in [3.8, 4) is 10.6 Å². The van der Waals surface area contributed by atoms with Gasteiger partial charge in [0, 0.05) is 29.6 Å². The first-order valence-electron chi connectivity index (χ1n) is 10.6. The van der Waals surface area contributed by atoms with Crippen LogP contribution in [0.4, 0.5) is 0 Å². The molecule has 2 aliphatic heterocycles. The molecule has 0 saturated carbocycles. The maximum atomic E-state index is 12.5. The molecule has 0 aliphatic carbocycles. The van der Waals surface area contributed by atoms with Crippen LogP contribution in [0.25, 0.3) is 10.6 Å². The lowest BCUT2D eigenvalue weighted by Crippen LogP contribution is -2.59. The number of nitrogens with zero attached hydrogens (tertiary/aromatic N) is 3. The Morgan fingerprint density at radius 2 is 2.00 bits per heavy atom. The molecule has 2 saturated heterocycles. The molecular weight excluding hydrogens is 414 g/mol. The second kappa shape index (κ2) is 8.04. The van der Waals surface area contributed by atoms with Gasteiger partial charge in [-0.25, -0.2) is 4.68 Å². The van der Waals surface area contributed by atoms with Crippen molar-refractivity contribution >= 4 is 22.7 Å². The van der Waals surface area contributed by atoms with Gasteiger partial charge in [0.25, 0.3) is 5.56 Å². The zero-order chi connectivity index (χ0) is 20.7. The summed E-state index contributed by atoms with van der Waals surface area (Å²) in [5.41, 5.74) is 1.13. The van der Waals surface area contributed by atoms with Crippen LogP contribution < -0.4 is 5.56 Å². The third-order valence-corrected chi connectivity index (χ3v) is 8.28. The number of hydrogen-bond acceptors (Lipinski definition) is 6. The smallest absolute Gasteiger partial charge is 0.266 e. The van der Waals surface area contributed by atoms with E-state index in [9.17, 15) is 9.90 Å². The number of aryl methyl sites for hydroxylation is 1. The highest BCUT2D eigenvalue weighted by molar-refractivity contribution is 7.13. The Morgan fingerprint density at radius 3 is 2.67 bits per heavy atom. The number of aromatic nitrogens is 2. The van der Waals surface area contributed by atoms with Gasteiger partial charge in [-0.15, -0.1) is 22.7 Å². The van der Waals surface area contributed by atoms with Crippen LogP contribution in [0, 0.1) is 6.92 Å². The van der Waals surface area contributed by atoms with Crippen LogP contribution >= 0.6 is 22.7 Å². The van der Waals surface area contributed by atoms with Crippen molar-refractivity contribution in [3.05, 3.63) is 61.9 Å². The normalized spacial score (nSPS) is 26.7. The molecule has 2 aliphatic rings. The molecule has 3 aromatic rings. The lowest BCUT2D eigenvalue weighted by atomic mass is 9.75. The minimum atomic E-state index is -0.887. The molecule has 2 atom stereocenters. The molecule has 0 amide bonds. The maximum absolute atomic E-state index is 12.5. The number of aliphatic hydroxyl groups is 1. The summed E-state index contributed by atoms with van der Waals surface area (Å²) in [6, 6.07) is 10.3. The Balaban J connectivity index is 1.36. The van der Waals surface area contributed by atoms with E-state index >= 15 is 0 Å². The van der Waals surface area contributed by atoms with Crippen LogP contribution in [0.15, 0.2) is 45.9 Å². The lowest BCUT2D eigenvalue weighted by molar-refractivity contribution is -0.105. The second-order valence-electron chi connectivity index (χ2n) is 8.80. The van der Waals surface area contributed by atoms with Gasteiger partial charge in [-0.2, -0.15) is 5.10 Å². The molecule has 0 unspecified atom stereocenters. The molecule has 5 rings (SSSR count). The third kappa shape index (κ3) is 4.04. The van der Waals surface area contributed by atoms with E-state index in [1.807, 2.05) is 17.5 Å². The number of thiophene rings is 2. The zero-order valence-corrected chi connectivity index (χ0v) is 18.8. The standard InChI is InChI=1S/C23H27N3O2S2/c1-16-10-17(14-30-16)13-25-18-4-2-5-19(25)12-23(28,11-18)15-26-22(27)8-7-20(24-26)21-6-3-9-29-21/h3,6-10,14,18-19,28H,2,4-5,11-13,15H2,1H3/t18-,19-/m1/s1. The Kier molecular flexibility index (Phi) is 5.39. The molecule has 0 radical (unpaired) electrons. The minimum absolute atomic E-state index is 0.148. The summed E-state index contributed by atoms with van der Waals surface area (Å²) in [4.78, 5) is 17.5. The van der Waals surface area contributed by atoms with Crippen molar-refractivity contribution in [1.82, 2.24) is 14.7 Å². The molecule has 5 nitrogen and oxygen atoms in total. The van der Waals surface area contributed by atoms with Crippen molar-refractivity contribution in [2.45, 2.75) is 69.8 Å². The first-order valence-corrected chi connectivity index (χ1v) is 12.4. The lowest BCUT2D eigenvalue weighted by Gasteiger charge is -2.52. The summed E-state index contributed by atoms with van der Waals surface area (Å²) in [6.07, 6.45) is 4.84. The SMILES string of the molecule is Cc1cc(CN2[C@@H]3CCC[C@@H]2CC(O)(Cn2nc(-c4cccs4)ccc2=O)C3)cs1. The first-order chi connectivity index (χ1) is 14.5. The molecule has 2 fully saturated rings. The highest BCUT2D eigenvalue weighted by atomic mass is 32.1. The molecule has 5 heterocycles. The van der Waals surface area contributed by atoms with E-state index in [1.165, 1.54) is 21.5 Å². The van der Waals surface area contributed by atoms with Crippen LogP contribution in [0.3, 0.4) is 0 Å². The van der Waals surface area contributed by atoms with E-state index < -0.39 is 5.60 Å². The van der Waals surface area contributed by atoms with Crippen molar-refractivity contribution < 1.29 is 5.11 Å². The van der Waals surface area contributed by atoms with Gasteiger partial charge in [0.2, 0.25) is 0 Å². The molecule has 7 heteroatoms. The van der Waals surface area contributed by atoms with Gasteiger partial charge in [0.15, 0.2) is 0 Å². The van der Waals surface area contributed by atoms with Crippen LogP contribution in [0.1, 0.15) is 42.5 Å². The summed E-state index contributed by atoms with van der Waals surface area (Å²) < 4.78 is 1.47. The van der Waals surface area contributed by atoms with Crippen molar-refractivity contribution in [2.75, 3.05) is 0 Å². The van der Waals surface area contributed by atoms with Gasteiger partial charge in [0.1, 0.15) is 5.69 Å². The van der Waals surface area contributed by atoms with E-state index in [1.54, 1.807) is 34.8 Å². The third-order valence-electron chi connectivity index (χ3n) is 6.48. The predicted octanol–water partition coefficient (Wildman–Crippen LogP) is 4.29. The molecule has 30 heavy (non-hydrogen) atoms. The Morgan fingerprint density at radius 1 is 1.20 bits per heavy atom. The fourth-order valence-corrected chi connectivity index (χ4v) is 6.58. The molecular formula is C23H27N3O2S2. The van der Waals surface area contributed by atoms with Crippen LogP contribution in [0.5, 0.6) is 0 Å². The number of piperidine rings is 2. The van der Waals surface area contributed by atoms with Crippen molar-refractivity contribution in [3.63, 3.8) is 0 Å². The molecule has 3 aromatic heterocycles. The Hall–Kier alpha value is -1.80. The Labute approximate surface area is 184 Å². The van der Waals surface area contributed by atoms with Crippen LogP contribution in [-0.2, 0) is 13.1 Å². The molecule has 1 N–H and O–H groups in total. The van der Waals surface area contributed by atoms with E-state index in [2.05, 4.69) is 28.4 Å². The second-order valence-corrected chi connectivity index (χ2v) is 10.9. The number of rotatable bonds is 5. The first kappa shape index (κ1) is 20.1. The van der Waals surface area contributed by atoms with Crippen molar-refractivity contribution in [1.29, 1.82) is 0 Å². The van der Waals surface area contributed by atoms with Crippen LogP contribution in [0.2, 0.25) is 0 Å². The average molecular weight is 442 g/mol. The molecule has 2 bridgehead atoms. The van der Waals surface area contributed by atoms with E-state index in [0.717, 1.165) is 30.0 Å². The quantitative estimate of drug-likeness (QED) is 0.642. The number of fused-ring (bicyclic) bond motifs is 2. The average Bonchev–Trinajstić information content (AvgIpc) is 3.37. The van der Waals surface area contributed by atoms with E-state index in [0.29, 0.717) is 24.9 Å². The van der Waals surface area contributed by atoms with E-state index in [-0.39, 0.29) is 12.1 Å². The minimum Gasteiger partial charge on any atom is -0.388 e. The van der Waals surface area contributed by atoms with E-state index in [4.69, 9.17) is 0 Å². The van der Waals surface area contributed by atoms with Gasteiger partial charge in [-0.05, 0) is 67.1 Å². The zero-order valence-electron chi connectivity index (χ0n) is 17.2. The predicted molar refractivity (Wildman–Crippen MR) is 122 cm³/mol. The molecule has 0 aromatic carbocycles. The Bertz CT molecular complexity index is 1060. The largest absolute Gasteiger partial charge is 0.388 e. The molecule has 158 valence electrons. The summed E-state index contributed by atoms with van der Waals surface area (Å²) >= 11 is 3.41. The van der Waals surface area contributed by atoms with Crippen LogP contribution in [-0.4, -0.2) is 37.5 Å². The summed E-state index contributed by atoms with van der Waals surface area (Å²) in [7, 11) is 0. The highest BCUT2D eigenvalue weighted by Crippen LogP contribution is 2.41. The summed E-state index contributed by atoms with van der Waals surface area (Å²) in [5.74, 6) is 0. The number of hydrogen-bond donors (Lipinski definition) is 1. The van der Waals surface area contributed by atoms with Gasteiger partial charge in [-0.1, -0.05) is 12.5 Å². The van der Waals surface area contributed by atoms with Gasteiger partial charge < -0.3 is 5.11 Å². The fraction of sp³-hybridized carbons (Fsp3) is 0.478. The van der Waals surface area contributed by atoms with Gasteiger partial charge in [0.05, 0.1) is 17.0 Å². The van der Waals surface area contributed by atoms with Gasteiger partial charge in [-0.3, -0.25) is 9.69 Å². The highest BCUT2D eigenvalue weighted by Gasteiger charge is 2.45. The maximum Gasteiger partial charge on any atom is 0.266 e. The summed E-state index contributed by atoms with van der Waals surface area (Å²) in [6.45, 7) is 3.38. The fourth-order valence-electron chi connectivity index (χ4n) is 5.19.